The minimum absolute atomic E-state index is 0.0166. The van der Waals surface area contributed by atoms with Crippen LogP contribution in [0.15, 0.2) is 65.6 Å². The van der Waals surface area contributed by atoms with Crippen molar-refractivity contribution >= 4 is 23.2 Å². The molecule has 2 aromatic carbocycles. The minimum Gasteiger partial charge on any atom is -0.310 e. The topological polar surface area (TPSA) is 42.3 Å². The van der Waals surface area contributed by atoms with E-state index in [2.05, 4.69) is 0 Å². The second kappa shape index (κ2) is 7.84. The number of carbonyl (C=O) groups is 1. The third-order valence-electron chi connectivity index (χ3n) is 5.29. The first kappa shape index (κ1) is 19.4. The van der Waals surface area contributed by atoms with E-state index in [0.717, 1.165) is 29.7 Å². The maximum absolute atomic E-state index is 13.6. The molecule has 0 spiro atoms. The van der Waals surface area contributed by atoms with Gasteiger partial charge in [0.1, 0.15) is 5.82 Å². The molecule has 6 heteroatoms. The Morgan fingerprint density at radius 1 is 1.14 bits per heavy atom. The highest BCUT2D eigenvalue weighted by molar-refractivity contribution is 6.30. The van der Waals surface area contributed by atoms with Gasteiger partial charge in [-0.25, -0.2) is 4.39 Å². The summed E-state index contributed by atoms with van der Waals surface area (Å²) in [6.45, 7) is 2.32. The summed E-state index contributed by atoms with van der Waals surface area (Å²) in [5.74, 6) is -0.503. The fourth-order valence-electron chi connectivity index (χ4n) is 3.74. The zero-order chi connectivity index (χ0) is 20.5. The summed E-state index contributed by atoms with van der Waals surface area (Å²) in [5.41, 5.74) is 2.69. The third-order valence-corrected chi connectivity index (χ3v) is 5.54. The monoisotopic (exact) mass is 410 g/mol. The largest absolute Gasteiger partial charge is 0.310 e. The highest BCUT2D eigenvalue weighted by atomic mass is 35.5. The van der Waals surface area contributed by atoms with Crippen LogP contribution in [0.4, 0.5) is 10.1 Å². The van der Waals surface area contributed by atoms with Crippen LogP contribution in [0.25, 0.3) is 0 Å². The van der Waals surface area contributed by atoms with E-state index < -0.39 is 0 Å². The first-order valence-corrected chi connectivity index (χ1v) is 9.87. The number of nitrogens with zero attached hydrogens (tertiary/aromatic N) is 2. The molecular weight excluding hydrogens is 391 g/mol. The molecule has 4 nitrogen and oxygen atoms in total. The van der Waals surface area contributed by atoms with Crippen LogP contribution in [0.1, 0.15) is 34.8 Å². The van der Waals surface area contributed by atoms with Crippen molar-refractivity contribution in [1.82, 2.24) is 4.57 Å². The zero-order valence-electron chi connectivity index (χ0n) is 15.9. The maximum atomic E-state index is 13.6. The summed E-state index contributed by atoms with van der Waals surface area (Å²) in [4.78, 5) is 27.3. The maximum Gasteiger partial charge on any atom is 0.260 e. The Labute approximate surface area is 173 Å². The van der Waals surface area contributed by atoms with Crippen molar-refractivity contribution < 1.29 is 9.18 Å². The van der Waals surface area contributed by atoms with Crippen LogP contribution in [-0.2, 0) is 13.0 Å². The fraction of sp³-hybridized carbons (Fsp3) is 0.217. The van der Waals surface area contributed by atoms with Gasteiger partial charge in [-0.05, 0) is 67.3 Å². The van der Waals surface area contributed by atoms with Gasteiger partial charge in [-0.1, -0.05) is 23.7 Å². The number of halogens is 2. The number of aryl methyl sites for hydroxylation is 1. The van der Waals surface area contributed by atoms with Crippen LogP contribution >= 0.6 is 11.6 Å². The molecule has 0 aliphatic carbocycles. The fourth-order valence-corrected chi connectivity index (χ4v) is 3.86. The predicted octanol–water partition coefficient (Wildman–Crippen LogP) is 4.67. The molecule has 0 saturated carbocycles. The Morgan fingerprint density at radius 3 is 2.66 bits per heavy atom. The molecule has 148 valence electrons. The summed E-state index contributed by atoms with van der Waals surface area (Å²) in [6, 6.07) is 14.7. The SMILES string of the molecule is C[C@H]1CCc2cc(F)ccc2N1C(=O)c1ccc(=O)n(Cc2ccc(Cl)cc2)c1. The highest BCUT2D eigenvalue weighted by Crippen LogP contribution is 2.32. The van der Waals surface area contributed by atoms with Crippen LogP contribution in [0.2, 0.25) is 5.02 Å². The zero-order valence-corrected chi connectivity index (χ0v) is 16.7. The lowest BCUT2D eigenvalue weighted by Crippen LogP contribution is -2.42. The number of aromatic nitrogens is 1. The lowest BCUT2D eigenvalue weighted by Gasteiger charge is -2.35. The normalized spacial score (nSPS) is 15.8. The quantitative estimate of drug-likeness (QED) is 0.629. The summed E-state index contributed by atoms with van der Waals surface area (Å²) in [7, 11) is 0. The van der Waals surface area contributed by atoms with E-state index in [-0.39, 0.29) is 23.3 Å². The van der Waals surface area contributed by atoms with Gasteiger partial charge in [-0.3, -0.25) is 9.59 Å². The summed E-state index contributed by atoms with van der Waals surface area (Å²) in [5, 5.41) is 0.624. The van der Waals surface area contributed by atoms with Crippen molar-refractivity contribution in [3.05, 3.63) is 98.7 Å². The third kappa shape index (κ3) is 3.96. The van der Waals surface area contributed by atoms with Gasteiger partial charge in [-0.15, -0.1) is 0 Å². The van der Waals surface area contributed by atoms with Crippen molar-refractivity contribution in [3.63, 3.8) is 0 Å². The Bertz CT molecular complexity index is 1120. The molecule has 0 saturated heterocycles. The van der Waals surface area contributed by atoms with Gasteiger partial charge in [0, 0.05) is 29.0 Å². The lowest BCUT2D eigenvalue weighted by molar-refractivity contribution is 0.0974. The smallest absolute Gasteiger partial charge is 0.260 e. The summed E-state index contributed by atoms with van der Waals surface area (Å²) < 4.78 is 15.1. The molecule has 0 bridgehead atoms. The van der Waals surface area contributed by atoms with Crippen molar-refractivity contribution in [1.29, 1.82) is 0 Å². The van der Waals surface area contributed by atoms with Crippen LogP contribution in [0, 0.1) is 5.82 Å². The highest BCUT2D eigenvalue weighted by Gasteiger charge is 2.29. The summed E-state index contributed by atoms with van der Waals surface area (Å²) >= 11 is 5.92. The number of carbonyl (C=O) groups excluding carboxylic acids is 1. The molecule has 0 N–H and O–H groups in total. The molecule has 1 aromatic heterocycles. The Hall–Kier alpha value is -2.92. The van der Waals surface area contributed by atoms with Crippen molar-refractivity contribution in [2.24, 2.45) is 0 Å². The number of hydrogen-bond donors (Lipinski definition) is 0. The van der Waals surface area contributed by atoms with E-state index in [1.165, 1.54) is 22.8 Å². The molecular formula is C23H20ClFN2O2. The Morgan fingerprint density at radius 2 is 1.90 bits per heavy atom. The van der Waals surface area contributed by atoms with Crippen molar-refractivity contribution in [2.75, 3.05) is 4.90 Å². The lowest BCUT2D eigenvalue weighted by atomic mass is 9.95. The Kier molecular flexibility index (Phi) is 5.24. The van der Waals surface area contributed by atoms with Crippen LogP contribution in [0.5, 0.6) is 0 Å². The molecule has 1 aliphatic heterocycles. The first-order valence-electron chi connectivity index (χ1n) is 9.49. The van der Waals surface area contributed by atoms with E-state index >= 15 is 0 Å². The van der Waals surface area contributed by atoms with E-state index in [0.29, 0.717) is 17.1 Å². The van der Waals surface area contributed by atoms with E-state index in [1.807, 2.05) is 19.1 Å². The molecule has 29 heavy (non-hydrogen) atoms. The van der Waals surface area contributed by atoms with Gasteiger partial charge in [-0.2, -0.15) is 0 Å². The standard InChI is InChI=1S/C23H20ClFN2O2/c1-15-2-5-17-12-20(25)9-10-21(17)27(15)23(29)18-6-11-22(28)26(14-18)13-16-3-7-19(24)8-4-16/h3-4,6-12,14-15H,2,5,13H2,1H3/t15-/m0/s1. The molecule has 0 fully saturated rings. The van der Waals surface area contributed by atoms with Gasteiger partial charge in [0.05, 0.1) is 12.1 Å². The van der Waals surface area contributed by atoms with E-state index in [9.17, 15) is 14.0 Å². The van der Waals surface area contributed by atoms with E-state index in [4.69, 9.17) is 11.6 Å². The van der Waals surface area contributed by atoms with Crippen LogP contribution < -0.4 is 10.5 Å². The first-order chi connectivity index (χ1) is 13.9. The number of pyridine rings is 1. The average molecular weight is 411 g/mol. The molecule has 1 aliphatic rings. The number of rotatable bonds is 3. The number of benzene rings is 2. The molecule has 2 heterocycles. The van der Waals surface area contributed by atoms with Gasteiger partial charge in [0.25, 0.3) is 11.5 Å². The number of hydrogen-bond acceptors (Lipinski definition) is 2. The van der Waals surface area contributed by atoms with Crippen LogP contribution in [0.3, 0.4) is 0 Å². The van der Waals surface area contributed by atoms with Crippen LogP contribution in [-0.4, -0.2) is 16.5 Å². The van der Waals surface area contributed by atoms with E-state index in [1.54, 1.807) is 35.4 Å². The number of amides is 1. The average Bonchev–Trinajstić information content (AvgIpc) is 2.71. The van der Waals surface area contributed by atoms with Crippen molar-refractivity contribution in [3.8, 4) is 0 Å². The predicted molar refractivity (Wildman–Crippen MR) is 112 cm³/mol. The number of fused-ring (bicyclic) bond motifs is 1. The van der Waals surface area contributed by atoms with Gasteiger partial charge < -0.3 is 9.47 Å². The minimum atomic E-state index is -0.304. The number of anilines is 1. The van der Waals surface area contributed by atoms with Crippen molar-refractivity contribution in [2.45, 2.75) is 32.4 Å². The second-order valence-electron chi connectivity index (χ2n) is 7.35. The molecule has 0 radical (unpaired) electrons. The van der Waals surface area contributed by atoms with Gasteiger partial charge in [0.2, 0.25) is 0 Å². The molecule has 4 rings (SSSR count). The second-order valence-corrected chi connectivity index (χ2v) is 7.78. The molecule has 0 unspecified atom stereocenters. The van der Waals surface area contributed by atoms with Gasteiger partial charge in [0.15, 0.2) is 0 Å². The van der Waals surface area contributed by atoms with Gasteiger partial charge >= 0.3 is 0 Å². The Balaban J connectivity index is 1.67. The molecule has 1 atom stereocenters. The molecule has 1 amide bonds. The molecule has 3 aromatic rings. The summed E-state index contributed by atoms with van der Waals surface area (Å²) in [6.07, 6.45) is 3.07.